The highest BCUT2D eigenvalue weighted by Crippen LogP contribution is 2.29. The molecule has 0 aromatic rings. The van der Waals surface area contributed by atoms with Crippen LogP contribution in [0.2, 0.25) is 0 Å². The Morgan fingerprint density at radius 3 is 2.22 bits per heavy atom. The molecule has 2 heteroatoms. The fraction of sp³-hybridized carbons (Fsp3) is 0.714. The lowest BCUT2D eigenvalue weighted by Gasteiger charge is -2.07. The van der Waals surface area contributed by atoms with E-state index in [-0.39, 0.29) is 12.0 Å². The van der Waals surface area contributed by atoms with Crippen LogP contribution in [0.15, 0.2) is 11.3 Å². The summed E-state index contributed by atoms with van der Waals surface area (Å²) in [5.74, 6) is 0.514. The Balaban J connectivity index is 2.74. The van der Waals surface area contributed by atoms with Crippen molar-refractivity contribution >= 4 is 0 Å². The Hall–Kier alpha value is -0.500. The van der Waals surface area contributed by atoms with Gasteiger partial charge in [0.15, 0.2) is 0 Å². The number of hydrogen-bond donors (Lipinski definition) is 2. The molecule has 2 atom stereocenters. The zero-order valence-electron chi connectivity index (χ0n) is 5.76. The van der Waals surface area contributed by atoms with E-state index in [1.807, 2.05) is 13.8 Å². The highest BCUT2D eigenvalue weighted by Gasteiger charge is 2.26. The summed E-state index contributed by atoms with van der Waals surface area (Å²) in [4.78, 5) is 0. The van der Waals surface area contributed by atoms with Gasteiger partial charge in [0, 0.05) is 12.3 Å². The summed E-state index contributed by atoms with van der Waals surface area (Å²) in [5, 5.41) is 18.2. The van der Waals surface area contributed by atoms with Gasteiger partial charge in [0.2, 0.25) is 0 Å². The Bertz CT molecular complexity index is 149. The van der Waals surface area contributed by atoms with E-state index < -0.39 is 0 Å². The van der Waals surface area contributed by atoms with Crippen LogP contribution in [-0.4, -0.2) is 16.3 Å². The van der Waals surface area contributed by atoms with Gasteiger partial charge in [0.05, 0.1) is 11.9 Å². The van der Waals surface area contributed by atoms with E-state index >= 15 is 0 Å². The first kappa shape index (κ1) is 6.62. The van der Waals surface area contributed by atoms with Crippen LogP contribution >= 0.6 is 0 Å². The molecule has 0 amide bonds. The quantitative estimate of drug-likeness (QED) is 0.515. The minimum absolute atomic E-state index is 0.144. The molecule has 0 saturated heterocycles. The maximum atomic E-state index is 9.14. The zero-order chi connectivity index (χ0) is 7.02. The average molecular weight is 128 g/mol. The molecule has 1 unspecified atom stereocenters. The molecule has 2 N–H and O–H groups in total. The predicted octanol–water partition coefficient (Wildman–Crippen LogP) is 1.22. The topological polar surface area (TPSA) is 40.5 Å². The maximum Gasteiger partial charge on any atom is 0.0941 e. The maximum absolute atomic E-state index is 9.14. The van der Waals surface area contributed by atoms with Crippen LogP contribution in [0.25, 0.3) is 0 Å². The molecule has 0 saturated carbocycles. The Morgan fingerprint density at radius 2 is 2.11 bits per heavy atom. The van der Waals surface area contributed by atoms with E-state index in [1.54, 1.807) is 0 Å². The molecule has 1 aliphatic carbocycles. The highest BCUT2D eigenvalue weighted by molar-refractivity contribution is 5.16. The van der Waals surface area contributed by atoms with Crippen LogP contribution in [0, 0.1) is 5.92 Å². The number of aliphatic hydroxyl groups excluding tert-OH is 2. The van der Waals surface area contributed by atoms with Crippen LogP contribution in [-0.2, 0) is 0 Å². The summed E-state index contributed by atoms with van der Waals surface area (Å²) < 4.78 is 0. The van der Waals surface area contributed by atoms with E-state index in [4.69, 9.17) is 10.2 Å². The lowest BCUT2D eigenvalue weighted by molar-refractivity contribution is 0.140. The third-order valence-electron chi connectivity index (χ3n) is 2.12. The van der Waals surface area contributed by atoms with Gasteiger partial charge >= 0.3 is 0 Å². The van der Waals surface area contributed by atoms with Crippen molar-refractivity contribution in [3.05, 3.63) is 11.3 Å². The molecule has 2 nitrogen and oxygen atoms in total. The van der Waals surface area contributed by atoms with Crippen molar-refractivity contribution < 1.29 is 10.2 Å². The largest absolute Gasteiger partial charge is 0.512 e. The highest BCUT2D eigenvalue weighted by atomic mass is 16.3. The van der Waals surface area contributed by atoms with Gasteiger partial charge in [-0.25, -0.2) is 0 Å². The van der Waals surface area contributed by atoms with Gasteiger partial charge in [-0.3, -0.25) is 0 Å². The van der Waals surface area contributed by atoms with Crippen molar-refractivity contribution in [2.45, 2.75) is 26.4 Å². The van der Waals surface area contributed by atoms with Crippen molar-refractivity contribution in [3.8, 4) is 0 Å². The van der Waals surface area contributed by atoms with Gasteiger partial charge in [-0.1, -0.05) is 6.92 Å². The van der Waals surface area contributed by atoms with E-state index in [0.29, 0.717) is 12.2 Å². The summed E-state index contributed by atoms with van der Waals surface area (Å²) in [6.07, 6.45) is 0.0810. The first-order chi connectivity index (χ1) is 4.13. The predicted molar refractivity (Wildman–Crippen MR) is 35.1 cm³/mol. The van der Waals surface area contributed by atoms with E-state index in [1.165, 1.54) is 0 Å². The molecule has 1 rings (SSSR count). The van der Waals surface area contributed by atoms with Crippen LogP contribution in [0.3, 0.4) is 0 Å². The standard InChI is InChI=1S/C7H12O2/c1-4-5(2)7(9)3-6(4)8/h4,6,8-9H,3H2,1-2H3/t4?,6-/m0/s1. The molecule has 1 aliphatic rings. The summed E-state index contributed by atoms with van der Waals surface area (Å²) in [6.45, 7) is 3.78. The minimum atomic E-state index is -0.356. The molecule has 0 heterocycles. The van der Waals surface area contributed by atoms with Crippen molar-refractivity contribution in [2.75, 3.05) is 0 Å². The summed E-state index contributed by atoms with van der Waals surface area (Å²) in [5.41, 5.74) is 0.933. The second-order valence-corrected chi connectivity index (χ2v) is 2.69. The molecule has 0 aromatic heterocycles. The molecule has 0 aromatic carbocycles. The van der Waals surface area contributed by atoms with Gasteiger partial charge in [-0.05, 0) is 12.5 Å². The SMILES string of the molecule is CC1=C(O)C[C@H](O)C1C. The smallest absolute Gasteiger partial charge is 0.0941 e. The summed E-state index contributed by atoms with van der Waals surface area (Å²) >= 11 is 0. The Morgan fingerprint density at radius 1 is 1.56 bits per heavy atom. The normalized spacial score (nSPS) is 35.9. The van der Waals surface area contributed by atoms with Gasteiger partial charge in [0.1, 0.15) is 0 Å². The monoisotopic (exact) mass is 128 g/mol. The summed E-state index contributed by atoms with van der Waals surface area (Å²) in [6, 6.07) is 0. The molecule has 52 valence electrons. The van der Waals surface area contributed by atoms with Crippen LogP contribution in [0.4, 0.5) is 0 Å². The van der Waals surface area contributed by atoms with E-state index in [9.17, 15) is 0 Å². The van der Waals surface area contributed by atoms with Crippen molar-refractivity contribution in [1.82, 2.24) is 0 Å². The lowest BCUT2D eigenvalue weighted by atomic mass is 10.0. The van der Waals surface area contributed by atoms with Crippen molar-refractivity contribution in [3.63, 3.8) is 0 Å². The van der Waals surface area contributed by atoms with Gasteiger partial charge in [0.25, 0.3) is 0 Å². The van der Waals surface area contributed by atoms with E-state index in [2.05, 4.69) is 0 Å². The second-order valence-electron chi connectivity index (χ2n) is 2.69. The van der Waals surface area contributed by atoms with Gasteiger partial charge in [-0.2, -0.15) is 0 Å². The number of hydrogen-bond acceptors (Lipinski definition) is 2. The Labute approximate surface area is 54.8 Å². The second kappa shape index (κ2) is 2.03. The third-order valence-corrected chi connectivity index (χ3v) is 2.12. The first-order valence-electron chi connectivity index (χ1n) is 3.19. The van der Waals surface area contributed by atoms with Crippen LogP contribution in [0.5, 0.6) is 0 Å². The van der Waals surface area contributed by atoms with Crippen molar-refractivity contribution in [2.24, 2.45) is 5.92 Å². The molecule has 0 spiro atoms. The molecule has 0 aliphatic heterocycles. The molecular weight excluding hydrogens is 116 g/mol. The number of aliphatic hydroxyl groups is 2. The molecular formula is C7H12O2. The fourth-order valence-electron chi connectivity index (χ4n) is 1.09. The first-order valence-corrected chi connectivity index (χ1v) is 3.19. The molecule has 0 radical (unpaired) electrons. The van der Waals surface area contributed by atoms with Crippen molar-refractivity contribution in [1.29, 1.82) is 0 Å². The lowest BCUT2D eigenvalue weighted by Crippen LogP contribution is -2.11. The van der Waals surface area contributed by atoms with Gasteiger partial charge in [-0.15, -0.1) is 0 Å². The third kappa shape index (κ3) is 0.944. The number of rotatable bonds is 0. The molecule has 0 fully saturated rings. The molecule has 9 heavy (non-hydrogen) atoms. The van der Waals surface area contributed by atoms with E-state index in [0.717, 1.165) is 5.57 Å². The van der Waals surface area contributed by atoms with Gasteiger partial charge < -0.3 is 10.2 Å². The Kier molecular flexibility index (Phi) is 1.49. The molecule has 0 bridgehead atoms. The summed E-state index contributed by atoms with van der Waals surface area (Å²) in [7, 11) is 0. The van der Waals surface area contributed by atoms with Crippen LogP contribution < -0.4 is 0 Å². The zero-order valence-corrected chi connectivity index (χ0v) is 5.76. The average Bonchev–Trinajstić information content (AvgIpc) is 1.98. The fourth-order valence-corrected chi connectivity index (χ4v) is 1.09. The van der Waals surface area contributed by atoms with Crippen LogP contribution in [0.1, 0.15) is 20.3 Å². The minimum Gasteiger partial charge on any atom is -0.512 e.